The highest BCUT2D eigenvalue weighted by Gasteiger charge is 2.36. The molecule has 9 heteroatoms. The fourth-order valence-electron chi connectivity index (χ4n) is 3.87. The summed E-state index contributed by atoms with van der Waals surface area (Å²) in [5.41, 5.74) is 7.43. The molecule has 1 fully saturated rings. The Labute approximate surface area is 166 Å². The Morgan fingerprint density at radius 3 is 2.66 bits per heavy atom. The third kappa shape index (κ3) is 3.59. The van der Waals surface area contributed by atoms with Gasteiger partial charge in [-0.05, 0) is 30.2 Å². The molecule has 2 heterocycles. The molecule has 29 heavy (non-hydrogen) atoms. The molecule has 0 aliphatic carbocycles. The number of nitrogens with two attached hydrogens (primary N) is 1. The van der Waals surface area contributed by atoms with Crippen molar-refractivity contribution in [1.82, 2.24) is 19.7 Å². The maximum Gasteiger partial charge on any atom is 0.295 e. The molecule has 0 radical (unpaired) electrons. The van der Waals surface area contributed by atoms with E-state index >= 15 is 0 Å². The molecule has 2 aromatic carbocycles. The number of benzene rings is 2. The van der Waals surface area contributed by atoms with Crippen LogP contribution in [-0.4, -0.2) is 50.1 Å². The molecule has 2 N–H and O–H groups in total. The van der Waals surface area contributed by atoms with Crippen molar-refractivity contribution in [3.63, 3.8) is 0 Å². The second kappa shape index (κ2) is 7.80. The minimum Gasteiger partial charge on any atom is -0.338 e. The molecular weight excluding hydrogens is 372 g/mol. The van der Waals surface area contributed by atoms with Crippen LogP contribution in [0.1, 0.15) is 21.8 Å². The minimum absolute atomic E-state index is 0.144. The molecule has 0 unspecified atom stereocenters. The number of nitro groups is 1. The topological polar surface area (TPSA) is 120 Å². The van der Waals surface area contributed by atoms with Crippen LogP contribution in [-0.2, 0) is 0 Å². The zero-order chi connectivity index (χ0) is 20.4. The molecule has 1 amide bonds. The molecular formula is C20H20N6O3. The van der Waals surface area contributed by atoms with E-state index in [2.05, 4.69) is 10.1 Å². The maximum atomic E-state index is 13.1. The maximum absolute atomic E-state index is 13.1. The van der Waals surface area contributed by atoms with Gasteiger partial charge >= 0.3 is 0 Å². The zero-order valence-electron chi connectivity index (χ0n) is 15.6. The summed E-state index contributed by atoms with van der Waals surface area (Å²) in [6.07, 6.45) is 2.67. The number of nitro benzene ring substituents is 1. The van der Waals surface area contributed by atoms with Crippen molar-refractivity contribution in [2.45, 2.75) is 5.92 Å². The quantitative estimate of drug-likeness (QED) is 0.524. The minimum atomic E-state index is -0.521. The van der Waals surface area contributed by atoms with Crippen molar-refractivity contribution in [2.75, 3.05) is 19.6 Å². The summed E-state index contributed by atoms with van der Waals surface area (Å²) < 4.78 is 1.30. The lowest BCUT2D eigenvalue weighted by molar-refractivity contribution is -0.384. The molecule has 0 bridgehead atoms. The summed E-state index contributed by atoms with van der Waals surface area (Å²) in [5, 5.41) is 15.5. The molecule has 0 spiro atoms. The lowest BCUT2D eigenvalue weighted by Gasteiger charge is -2.17. The van der Waals surface area contributed by atoms with Gasteiger partial charge in [0.2, 0.25) is 0 Å². The molecule has 3 aromatic rings. The van der Waals surface area contributed by atoms with Gasteiger partial charge in [0.05, 0.1) is 4.92 Å². The van der Waals surface area contributed by atoms with Gasteiger partial charge in [0.1, 0.15) is 18.3 Å². The Hall–Kier alpha value is -3.59. The second-order valence-electron chi connectivity index (χ2n) is 7.02. The van der Waals surface area contributed by atoms with Gasteiger partial charge in [0, 0.05) is 30.6 Å². The van der Waals surface area contributed by atoms with Gasteiger partial charge in [-0.2, -0.15) is 5.10 Å². The number of nitrogens with zero attached hydrogens (tertiary/aromatic N) is 5. The average Bonchev–Trinajstić information content (AvgIpc) is 3.43. The number of hydrogen-bond acceptors (Lipinski definition) is 6. The van der Waals surface area contributed by atoms with E-state index in [9.17, 15) is 14.9 Å². The molecule has 1 aliphatic rings. The molecule has 4 rings (SSSR count). The van der Waals surface area contributed by atoms with Crippen LogP contribution in [0.4, 0.5) is 5.69 Å². The predicted octanol–water partition coefficient (Wildman–Crippen LogP) is 1.99. The number of carbonyl (C=O) groups excluding carboxylic acids is 1. The van der Waals surface area contributed by atoms with E-state index in [0.29, 0.717) is 19.6 Å². The number of amides is 1. The monoisotopic (exact) mass is 392 g/mol. The third-order valence-electron chi connectivity index (χ3n) is 5.34. The van der Waals surface area contributed by atoms with Gasteiger partial charge in [-0.3, -0.25) is 14.9 Å². The lowest BCUT2D eigenvalue weighted by atomic mass is 9.89. The van der Waals surface area contributed by atoms with Gasteiger partial charge in [0.15, 0.2) is 0 Å². The van der Waals surface area contributed by atoms with E-state index in [1.54, 1.807) is 11.0 Å². The third-order valence-corrected chi connectivity index (χ3v) is 5.34. The highest BCUT2D eigenvalue weighted by molar-refractivity contribution is 5.95. The van der Waals surface area contributed by atoms with E-state index in [-0.39, 0.29) is 34.7 Å². The van der Waals surface area contributed by atoms with Crippen molar-refractivity contribution in [3.05, 3.63) is 82.4 Å². The van der Waals surface area contributed by atoms with E-state index in [1.165, 1.54) is 29.5 Å². The molecule has 1 aliphatic heterocycles. The van der Waals surface area contributed by atoms with Gasteiger partial charge in [0.25, 0.3) is 11.6 Å². The molecule has 1 aromatic heterocycles. The van der Waals surface area contributed by atoms with Crippen LogP contribution in [0.15, 0.2) is 61.2 Å². The number of rotatable bonds is 5. The first-order valence-corrected chi connectivity index (χ1v) is 9.26. The highest BCUT2D eigenvalue weighted by Crippen LogP contribution is 2.33. The Morgan fingerprint density at radius 1 is 1.21 bits per heavy atom. The summed E-state index contributed by atoms with van der Waals surface area (Å²) in [6, 6.07) is 14.4. The Balaban J connectivity index is 1.61. The van der Waals surface area contributed by atoms with Crippen molar-refractivity contribution in [3.8, 4) is 5.69 Å². The molecule has 1 saturated heterocycles. The van der Waals surface area contributed by atoms with Gasteiger partial charge in [-0.25, -0.2) is 9.67 Å². The van der Waals surface area contributed by atoms with Crippen LogP contribution in [0.5, 0.6) is 0 Å². The van der Waals surface area contributed by atoms with Crippen molar-refractivity contribution in [2.24, 2.45) is 11.7 Å². The summed E-state index contributed by atoms with van der Waals surface area (Å²) >= 11 is 0. The normalized spacial score (nSPS) is 18.7. The lowest BCUT2D eigenvalue weighted by Crippen LogP contribution is -2.30. The van der Waals surface area contributed by atoms with Crippen LogP contribution < -0.4 is 5.73 Å². The van der Waals surface area contributed by atoms with E-state index in [0.717, 1.165) is 5.56 Å². The van der Waals surface area contributed by atoms with Gasteiger partial charge in [-0.15, -0.1) is 0 Å². The Kier molecular flexibility index (Phi) is 5.05. The van der Waals surface area contributed by atoms with Crippen molar-refractivity contribution in [1.29, 1.82) is 0 Å². The molecule has 2 atom stereocenters. The van der Waals surface area contributed by atoms with E-state index in [4.69, 9.17) is 5.73 Å². The van der Waals surface area contributed by atoms with E-state index < -0.39 is 4.92 Å². The van der Waals surface area contributed by atoms with Gasteiger partial charge < -0.3 is 10.6 Å². The van der Waals surface area contributed by atoms with Crippen molar-refractivity contribution >= 4 is 11.6 Å². The first kappa shape index (κ1) is 18.8. The number of likely N-dealkylation sites (tertiary alicyclic amines) is 1. The van der Waals surface area contributed by atoms with Gasteiger partial charge in [-0.1, -0.05) is 30.3 Å². The fraction of sp³-hybridized carbons (Fsp3) is 0.250. The summed E-state index contributed by atoms with van der Waals surface area (Å²) in [7, 11) is 0. The number of hydrogen-bond donors (Lipinski definition) is 1. The Morgan fingerprint density at radius 2 is 2.00 bits per heavy atom. The Bertz CT molecular complexity index is 1020. The molecule has 148 valence electrons. The van der Waals surface area contributed by atoms with Crippen LogP contribution >= 0.6 is 0 Å². The van der Waals surface area contributed by atoms with Crippen LogP contribution in [0, 0.1) is 16.0 Å². The standard InChI is InChI=1S/C20H20N6O3/c21-9-16-10-24(11-17(16)14-4-2-1-3-5-14)20(27)15-6-7-18(19(8-15)26(28)29)25-13-22-12-23-25/h1-8,12-13,16-17H,9-11,21H2/t16-,17+/m1/s1. The molecule has 0 saturated carbocycles. The van der Waals surface area contributed by atoms with Crippen LogP contribution in [0.25, 0.3) is 5.69 Å². The highest BCUT2D eigenvalue weighted by atomic mass is 16.6. The average molecular weight is 392 g/mol. The second-order valence-corrected chi connectivity index (χ2v) is 7.02. The van der Waals surface area contributed by atoms with E-state index in [1.807, 2.05) is 30.3 Å². The smallest absolute Gasteiger partial charge is 0.295 e. The largest absolute Gasteiger partial charge is 0.338 e. The fourth-order valence-corrected chi connectivity index (χ4v) is 3.87. The molecule has 9 nitrogen and oxygen atoms in total. The SMILES string of the molecule is NC[C@@H]1CN(C(=O)c2ccc(-n3cncn3)c([N+](=O)[O-])c2)C[C@H]1c1ccccc1. The van der Waals surface area contributed by atoms with Crippen LogP contribution in [0.2, 0.25) is 0 Å². The van der Waals surface area contributed by atoms with Crippen LogP contribution in [0.3, 0.4) is 0 Å². The predicted molar refractivity (Wildman–Crippen MR) is 106 cm³/mol. The summed E-state index contributed by atoms with van der Waals surface area (Å²) in [5.74, 6) is 0.0513. The summed E-state index contributed by atoms with van der Waals surface area (Å²) in [6.45, 7) is 1.52. The van der Waals surface area contributed by atoms with Crippen molar-refractivity contribution < 1.29 is 9.72 Å². The first-order chi connectivity index (χ1) is 14.1. The zero-order valence-corrected chi connectivity index (χ0v) is 15.6. The first-order valence-electron chi connectivity index (χ1n) is 9.26. The number of aromatic nitrogens is 3. The number of carbonyl (C=O) groups is 1. The summed E-state index contributed by atoms with van der Waals surface area (Å²) in [4.78, 5) is 29.7.